The van der Waals surface area contributed by atoms with E-state index < -0.39 is 0 Å². The zero-order valence-electron chi connectivity index (χ0n) is 5.18. The Kier molecular flexibility index (Phi) is 3.38. The minimum atomic E-state index is 1.01. The van der Waals surface area contributed by atoms with E-state index in [4.69, 9.17) is 0 Å². The van der Waals surface area contributed by atoms with Crippen LogP contribution in [0.15, 0.2) is 5.10 Å². The van der Waals surface area contributed by atoms with Crippen LogP contribution in [0.2, 0.25) is 0 Å². The molecular weight excluding hydrogens is 88.1 g/mol. The van der Waals surface area contributed by atoms with Gasteiger partial charge in [-0.05, 0) is 6.42 Å². The number of hydrogen-bond acceptors (Lipinski definition) is 2. The summed E-state index contributed by atoms with van der Waals surface area (Å²) in [7, 11) is 3.82. The average molecular weight is 100 g/mol. The Morgan fingerprint density at radius 1 is 1.57 bits per heavy atom. The summed E-state index contributed by atoms with van der Waals surface area (Å²) in [4.78, 5) is 0. The van der Waals surface area contributed by atoms with Crippen LogP contribution in [0.5, 0.6) is 0 Å². The summed E-state index contributed by atoms with van der Waals surface area (Å²) < 4.78 is 0. The van der Waals surface area contributed by atoms with E-state index in [2.05, 4.69) is 12.0 Å². The molecule has 0 saturated heterocycles. The van der Waals surface area contributed by atoms with Crippen LogP contribution in [0.3, 0.4) is 0 Å². The highest BCUT2D eigenvalue weighted by Crippen LogP contribution is 1.72. The lowest BCUT2D eigenvalue weighted by Crippen LogP contribution is -2.00. The zero-order valence-corrected chi connectivity index (χ0v) is 5.18. The molecule has 0 atom stereocenters. The molecule has 0 aliphatic heterocycles. The van der Waals surface area contributed by atoms with Crippen LogP contribution in [0, 0.1) is 0 Å². The van der Waals surface area contributed by atoms with Crippen molar-refractivity contribution in [2.45, 2.75) is 13.3 Å². The van der Waals surface area contributed by atoms with Crippen LogP contribution in [0.25, 0.3) is 0 Å². The van der Waals surface area contributed by atoms with Crippen molar-refractivity contribution in [3.05, 3.63) is 0 Å². The smallest absolute Gasteiger partial charge is 0.0244 e. The Bertz CT molecular complexity index is 57.1. The van der Waals surface area contributed by atoms with E-state index in [-0.39, 0.29) is 0 Å². The molecule has 0 aliphatic rings. The van der Waals surface area contributed by atoms with E-state index in [0.29, 0.717) is 0 Å². The predicted molar refractivity (Wildman–Crippen MR) is 32.5 cm³/mol. The Hall–Kier alpha value is -0.530. The fraction of sp³-hybridized carbons (Fsp3) is 0.800. The van der Waals surface area contributed by atoms with Crippen molar-refractivity contribution in [1.82, 2.24) is 5.01 Å². The van der Waals surface area contributed by atoms with Gasteiger partial charge >= 0.3 is 0 Å². The van der Waals surface area contributed by atoms with Crippen molar-refractivity contribution in [2.75, 3.05) is 14.1 Å². The third-order valence-electron chi connectivity index (χ3n) is 0.495. The summed E-state index contributed by atoms with van der Waals surface area (Å²) in [6, 6.07) is 0. The van der Waals surface area contributed by atoms with Gasteiger partial charge in [0, 0.05) is 20.3 Å². The van der Waals surface area contributed by atoms with Crippen LogP contribution in [0.4, 0.5) is 0 Å². The van der Waals surface area contributed by atoms with Crippen molar-refractivity contribution in [1.29, 1.82) is 0 Å². The van der Waals surface area contributed by atoms with Crippen molar-refractivity contribution in [3.63, 3.8) is 0 Å². The summed E-state index contributed by atoms with van der Waals surface area (Å²) in [5.74, 6) is 0. The molecule has 0 fully saturated rings. The molecule has 0 spiro atoms. The van der Waals surface area contributed by atoms with E-state index in [0.717, 1.165) is 6.42 Å². The molecule has 7 heavy (non-hydrogen) atoms. The molecule has 0 aromatic rings. The lowest BCUT2D eigenvalue weighted by atomic mass is 10.6. The number of hydrazone groups is 1. The molecule has 0 saturated carbocycles. The molecular formula is C5H12N2. The van der Waals surface area contributed by atoms with Crippen molar-refractivity contribution >= 4 is 6.21 Å². The topological polar surface area (TPSA) is 15.6 Å². The first kappa shape index (κ1) is 6.47. The summed E-state index contributed by atoms with van der Waals surface area (Å²) in [5, 5.41) is 5.73. The van der Waals surface area contributed by atoms with Gasteiger partial charge in [-0.1, -0.05) is 6.92 Å². The second kappa shape index (κ2) is 3.65. The van der Waals surface area contributed by atoms with Gasteiger partial charge in [0.25, 0.3) is 0 Å². The second-order valence-electron chi connectivity index (χ2n) is 1.55. The minimum Gasteiger partial charge on any atom is -0.303 e. The summed E-state index contributed by atoms with van der Waals surface area (Å²) in [6.45, 7) is 2.06. The molecule has 0 radical (unpaired) electrons. The minimum absolute atomic E-state index is 1.01. The van der Waals surface area contributed by atoms with E-state index in [1.165, 1.54) is 0 Å². The van der Waals surface area contributed by atoms with Crippen LogP contribution < -0.4 is 0 Å². The van der Waals surface area contributed by atoms with Crippen molar-refractivity contribution in [3.8, 4) is 0 Å². The highest BCUT2D eigenvalue weighted by atomic mass is 15.4. The predicted octanol–water partition coefficient (Wildman–Crippen LogP) is 0.944. The number of rotatable bonds is 2. The van der Waals surface area contributed by atoms with Crippen LogP contribution in [0.1, 0.15) is 13.3 Å². The lowest BCUT2D eigenvalue weighted by molar-refractivity contribution is 0.439. The molecule has 0 aromatic heterocycles. The highest BCUT2D eigenvalue weighted by Gasteiger charge is 1.70. The van der Waals surface area contributed by atoms with Crippen molar-refractivity contribution < 1.29 is 0 Å². The fourth-order valence-electron chi connectivity index (χ4n) is 0.245. The SMILES string of the molecule is CC/C=N/N(C)C. The van der Waals surface area contributed by atoms with Crippen molar-refractivity contribution in [2.24, 2.45) is 5.10 Å². The first-order chi connectivity index (χ1) is 3.27. The monoisotopic (exact) mass is 100 g/mol. The van der Waals surface area contributed by atoms with Crippen LogP contribution in [-0.2, 0) is 0 Å². The van der Waals surface area contributed by atoms with Gasteiger partial charge in [0.1, 0.15) is 0 Å². The first-order valence-corrected chi connectivity index (χ1v) is 2.47. The molecule has 0 amide bonds. The Morgan fingerprint density at radius 3 is 2.29 bits per heavy atom. The summed E-state index contributed by atoms with van der Waals surface area (Å²) in [5.41, 5.74) is 0. The maximum atomic E-state index is 3.95. The number of hydrogen-bond donors (Lipinski definition) is 0. The molecule has 0 rings (SSSR count). The molecule has 0 aliphatic carbocycles. The third kappa shape index (κ3) is 5.47. The largest absolute Gasteiger partial charge is 0.303 e. The number of nitrogens with zero attached hydrogens (tertiary/aromatic N) is 2. The zero-order chi connectivity index (χ0) is 5.70. The van der Waals surface area contributed by atoms with E-state index in [1.54, 1.807) is 5.01 Å². The molecule has 0 heterocycles. The molecule has 0 bridgehead atoms. The molecule has 2 nitrogen and oxygen atoms in total. The standard InChI is InChI=1S/C5H12N2/c1-4-5-6-7(2)3/h5H,4H2,1-3H3/b6-5+. The third-order valence-corrected chi connectivity index (χ3v) is 0.495. The van der Waals surface area contributed by atoms with E-state index >= 15 is 0 Å². The highest BCUT2D eigenvalue weighted by molar-refractivity contribution is 5.55. The first-order valence-electron chi connectivity index (χ1n) is 2.47. The van der Waals surface area contributed by atoms with Gasteiger partial charge in [0.05, 0.1) is 0 Å². The average Bonchev–Trinajstić information content (AvgIpc) is 1.61. The molecule has 0 aromatic carbocycles. The second-order valence-corrected chi connectivity index (χ2v) is 1.55. The fourth-order valence-corrected chi connectivity index (χ4v) is 0.245. The Labute approximate surface area is 44.8 Å². The van der Waals surface area contributed by atoms with Gasteiger partial charge in [-0.2, -0.15) is 5.10 Å². The van der Waals surface area contributed by atoms with E-state index in [9.17, 15) is 0 Å². The van der Waals surface area contributed by atoms with Gasteiger partial charge in [-0.3, -0.25) is 0 Å². The normalized spacial score (nSPS) is 10.1. The van der Waals surface area contributed by atoms with Gasteiger partial charge in [0.2, 0.25) is 0 Å². The summed E-state index contributed by atoms with van der Waals surface area (Å²) in [6.07, 6.45) is 2.89. The van der Waals surface area contributed by atoms with Gasteiger partial charge in [-0.15, -0.1) is 0 Å². The van der Waals surface area contributed by atoms with Gasteiger partial charge < -0.3 is 5.01 Å². The van der Waals surface area contributed by atoms with Gasteiger partial charge in [0.15, 0.2) is 0 Å². The molecule has 0 unspecified atom stereocenters. The molecule has 2 heteroatoms. The van der Waals surface area contributed by atoms with E-state index in [1.807, 2.05) is 20.3 Å². The molecule has 0 N–H and O–H groups in total. The summed E-state index contributed by atoms with van der Waals surface area (Å²) >= 11 is 0. The quantitative estimate of drug-likeness (QED) is 0.372. The van der Waals surface area contributed by atoms with Crippen LogP contribution >= 0.6 is 0 Å². The van der Waals surface area contributed by atoms with Gasteiger partial charge in [-0.25, -0.2) is 0 Å². The maximum absolute atomic E-state index is 3.95. The Morgan fingerprint density at radius 2 is 2.14 bits per heavy atom. The molecule has 42 valence electrons. The lowest BCUT2D eigenvalue weighted by Gasteiger charge is -1.99. The Balaban J connectivity index is 3.08. The van der Waals surface area contributed by atoms with Crippen LogP contribution in [-0.4, -0.2) is 25.3 Å². The maximum Gasteiger partial charge on any atom is 0.0244 e.